The molecular weight excluding hydrogens is 250 g/mol. The minimum Gasteiger partial charge on any atom is -0.310 e. The molecule has 2 N–H and O–H groups in total. The Morgan fingerprint density at radius 3 is 2.17 bits per heavy atom. The monoisotopic (exact) mass is 271 g/mol. The van der Waals surface area contributed by atoms with Crippen molar-refractivity contribution in [3.05, 3.63) is 29.8 Å². The largest absolute Gasteiger partial charge is 0.310 e. The van der Waals surface area contributed by atoms with Crippen LogP contribution < -0.4 is 10.1 Å². The first-order chi connectivity index (χ1) is 8.31. The second kappa shape index (κ2) is 6.29. The van der Waals surface area contributed by atoms with Gasteiger partial charge < -0.3 is 5.32 Å². The third-order valence-electron chi connectivity index (χ3n) is 2.25. The van der Waals surface area contributed by atoms with Gasteiger partial charge in [-0.05, 0) is 17.7 Å². The van der Waals surface area contributed by atoms with Crippen LogP contribution in [0.2, 0.25) is 0 Å². The molecule has 5 nitrogen and oxygen atoms in total. The lowest BCUT2D eigenvalue weighted by molar-refractivity contribution is 0.364. The molecule has 0 saturated heterocycles. The maximum absolute atomic E-state index is 11.9. The van der Waals surface area contributed by atoms with E-state index in [-0.39, 0.29) is 4.90 Å². The lowest BCUT2D eigenvalue weighted by Gasteiger charge is -2.13. The molecule has 0 aliphatic rings. The van der Waals surface area contributed by atoms with Gasteiger partial charge in [0.1, 0.15) is 0 Å². The highest BCUT2D eigenvalue weighted by molar-refractivity contribution is 7.89. The molecule has 0 unspecified atom stereocenters. The molecule has 0 fully saturated rings. The number of rotatable bonds is 6. The predicted octanol–water partition coefficient (Wildman–Crippen LogP) is 0.940. The molecular formula is C12H21N3O2S. The van der Waals surface area contributed by atoms with Gasteiger partial charge in [0.25, 0.3) is 10.0 Å². The van der Waals surface area contributed by atoms with E-state index in [1.807, 2.05) is 12.1 Å². The highest BCUT2D eigenvalue weighted by Crippen LogP contribution is 2.10. The lowest BCUT2D eigenvalue weighted by Crippen LogP contribution is -2.36. The molecule has 0 amide bonds. The summed E-state index contributed by atoms with van der Waals surface area (Å²) in [4.78, 5) is 2.66. The Morgan fingerprint density at radius 2 is 1.72 bits per heavy atom. The molecule has 1 rings (SSSR count). The Kier molecular flexibility index (Phi) is 5.28. The number of sulfonamides is 1. The highest BCUT2D eigenvalue weighted by Gasteiger charge is 2.14. The molecule has 1 aromatic rings. The fraction of sp³-hybridized carbons (Fsp3) is 0.500. The third kappa shape index (κ3) is 4.73. The van der Waals surface area contributed by atoms with E-state index in [4.69, 9.17) is 0 Å². The summed E-state index contributed by atoms with van der Waals surface area (Å²) >= 11 is 0. The van der Waals surface area contributed by atoms with Crippen molar-refractivity contribution in [3.8, 4) is 0 Å². The normalized spacial score (nSPS) is 12.3. The Bertz CT molecular complexity index is 467. The van der Waals surface area contributed by atoms with Crippen LogP contribution in [-0.2, 0) is 16.6 Å². The molecule has 102 valence electrons. The smallest absolute Gasteiger partial charge is 0.253 e. The van der Waals surface area contributed by atoms with Crippen LogP contribution in [0.3, 0.4) is 0 Å². The molecule has 0 heterocycles. The number of nitrogens with zero attached hydrogens (tertiary/aromatic N) is 1. The van der Waals surface area contributed by atoms with E-state index in [2.05, 4.69) is 24.0 Å². The molecule has 0 radical (unpaired) electrons. The van der Waals surface area contributed by atoms with E-state index < -0.39 is 10.0 Å². The van der Waals surface area contributed by atoms with Gasteiger partial charge >= 0.3 is 0 Å². The predicted molar refractivity (Wildman–Crippen MR) is 72.4 cm³/mol. The quantitative estimate of drug-likeness (QED) is 0.756. The molecule has 0 aliphatic carbocycles. The van der Waals surface area contributed by atoms with Crippen molar-refractivity contribution in [1.29, 1.82) is 0 Å². The van der Waals surface area contributed by atoms with Crippen LogP contribution in [0.1, 0.15) is 19.4 Å². The molecule has 0 spiro atoms. The Balaban J connectivity index is 2.76. The van der Waals surface area contributed by atoms with Crippen LogP contribution in [0.4, 0.5) is 0 Å². The van der Waals surface area contributed by atoms with Crippen molar-refractivity contribution in [3.63, 3.8) is 0 Å². The Hall–Kier alpha value is -0.950. The minimum absolute atomic E-state index is 0.268. The van der Waals surface area contributed by atoms with Gasteiger partial charge in [-0.3, -0.25) is 0 Å². The molecule has 18 heavy (non-hydrogen) atoms. The van der Waals surface area contributed by atoms with Crippen molar-refractivity contribution in [2.75, 3.05) is 14.1 Å². The maximum atomic E-state index is 11.9. The molecule has 0 bridgehead atoms. The van der Waals surface area contributed by atoms with Crippen LogP contribution in [0, 0.1) is 0 Å². The minimum atomic E-state index is -3.45. The van der Waals surface area contributed by atoms with Crippen LogP contribution in [0.15, 0.2) is 29.2 Å². The van der Waals surface area contributed by atoms with E-state index in [0.717, 1.165) is 12.1 Å². The average Bonchev–Trinajstić information content (AvgIpc) is 2.25. The van der Waals surface area contributed by atoms with Gasteiger partial charge in [0.05, 0.1) is 4.90 Å². The van der Waals surface area contributed by atoms with Crippen molar-refractivity contribution in [2.45, 2.75) is 31.3 Å². The summed E-state index contributed by atoms with van der Waals surface area (Å²) in [6, 6.07) is 7.27. The molecule has 0 saturated carbocycles. The average molecular weight is 271 g/mol. The lowest BCUT2D eigenvalue weighted by atomic mass is 10.2. The van der Waals surface area contributed by atoms with Gasteiger partial charge in [-0.2, -0.15) is 0 Å². The molecule has 6 heteroatoms. The summed E-state index contributed by atoms with van der Waals surface area (Å²) in [5.41, 5.74) is 1.06. The van der Waals surface area contributed by atoms with E-state index in [9.17, 15) is 8.42 Å². The number of hydrogen-bond donors (Lipinski definition) is 2. The highest BCUT2D eigenvalue weighted by atomic mass is 32.2. The first-order valence-corrected chi connectivity index (χ1v) is 7.31. The molecule has 0 atom stereocenters. The summed E-state index contributed by atoms with van der Waals surface area (Å²) < 4.78 is 23.7. The molecule has 0 aliphatic heterocycles. The van der Waals surface area contributed by atoms with Gasteiger partial charge in [0.15, 0.2) is 0 Å². The van der Waals surface area contributed by atoms with Gasteiger partial charge in [-0.1, -0.05) is 26.0 Å². The van der Waals surface area contributed by atoms with Crippen molar-refractivity contribution >= 4 is 10.0 Å². The van der Waals surface area contributed by atoms with Gasteiger partial charge in [-0.25, -0.2) is 13.4 Å². The van der Waals surface area contributed by atoms with Crippen LogP contribution >= 0.6 is 0 Å². The van der Waals surface area contributed by atoms with Crippen molar-refractivity contribution in [2.24, 2.45) is 0 Å². The van der Waals surface area contributed by atoms with Gasteiger partial charge in [-0.15, -0.1) is 4.83 Å². The Morgan fingerprint density at radius 1 is 1.17 bits per heavy atom. The van der Waals surface area contributed by atoms with E-state index in [1.54, 1.807) is 26.2 Å². The fourth-order valence-electron chi connectivity index (χ4n) is 1.40. The van der Waals surface area contributed by atoms with E-state index >= 15 is 0 Å². The zero-order valence-electron chi connectivity index (χ0n) is 11.3. The standard InChI is InChI=1S/C12H21N3O2S/c1-10(2)13-9-11-5-7-12(8-6-11)18(16,17)14-15(3)4/h5-8,10,13-14H,9H2,1-4H3. The summed E-state index contributed by atoms with van der Waals surface area (Å²) in [5, 5.41) is 4.69. The Labute approximate surface area is 109 Å². The number of nitrogens with one attached hydrogen (secondary N) is 2. The maximum Gasteiger partial charge on any atom is 0.253 e. The van der Waals surface area contributed by atoms with Crippen LogP contribution in [0.25, 0.3) is 0 Å². The zero-order chi connectivity index (χ0) is 13.8. The zero-order valence-corrected chi connectivity index (χ0v) is 12.1. The summed E-state index contributed by atoms with van der Waals surface area (Å²) in [5.74, 6) is 0. The molecule has 0 aromatic heterocycles. The van der Waals surface area contributed by atoms with Gasteiger partial charge in [0.2, 0.25) is 0 Å². The van der Waals surface area contributed by atoms with Crippen molar-refractivity contribution in [1.82, 2.24) is 15.2 Å². The summed E-state index contributed by atoms with van der Waals surface area (Å²) in [6.45, 7) is 4.87. The number of benzene rings is 1. The SMILES string of the molecule is CC(C)NCc1ccc(S(=O)(=O)NN(C)C)cc1. The van der Waals surface area contributed by atoms with Crippen molar-refractivity contribution < 1.29 is 8.42 Å². The topological polar surface area (TPSA) is 61.4 Å². The summed E-state index contributed by atoms with van der Waals surface area (Å²) in [6.07, 6.45) is 0. The van der Waals surface area contributed by atoms with Gasteiger partial charge in [0, 0.05) is 26.7 Å². The second-order valence-electron chi connectivity index (χ2n) is 4.67. The number of hydrazine groups is 1. The fourth-order valence-corrected chi connectivity index (χ4v) is 2.48. The van der Waals surface area contributed by atoms with E-state index in [1.165, 1.54) is 5.01 Å². The number of hydrogen-bond acceptors (Lipinski definition) is 4. The van der Waals surface area contributed by atoms with Crippen LogP contribution in [0.5, 0.6) is 0 Å². The first-order valence-electron chi connectivity index (χ1n) is 5.83. The second-order valence-corrected chi connectivity index (χ2v) is 6.33. The van der Waals surface area contributed by atoms with Crippen LogP contribution in [-0.4, -0.2) is 33.6 Å². The molecule has 1 aromatic carbocycles. The summed E-state index contributed by atoms with van der Waals surface area (Å²) in [7, 11) is -0.177. The third-order valence-corrected chi connectivity index (χ3v) is 3.75. The van der Waals surface area contributed by atoms with E-state index in [0.29, 0.717) is 6.04 Å². The first kappa shape index (κ1) is 15.1.